The first-order valence-electron chi connectivity index (χ1n) is 4.34. The van der Waals surface area contributed by atoms with E-state index >= 15 is 0 Å². The van der Waals surface area contributed by atoms with Crippen LogP contribution in [0.15, 0.2) is 21.6 Å². The van der Waals surface area contributed by atoms with Crippen LogP contribution in [0.4, 0.5) is 0 Å². The van der Waals surface area contributed by atoms with E-state index < -0.39 is 6.35 Å². The summed E-state index contributed by atoms with van der Waals surface area (Å²) in [5, 5.41) is 11.4. The van der Waals surface area contributed by atoms with Gasteiger partial charge in [0, 0.05) is 22.9 Å². The van der Waals surface area contributed by atoms with Crippen molar-refractivity contribution in [1.29, 1.82) is 0 Å². The SMILES string of the molecule is Cc1cc(Br)c2c(c1)=CN(C)C(O)N=2. The largest absolute Gasteiger partial charge is 0.355 e. The highest BCUT2D eigenvalue weighted by Gasteiger charge is 2.10. The molecule has 0 aliphatic carbocycles. The van der Waals surface area contributed by atoms with E-state index in [9.17, 15) is 5.11 Å². The van der Waals surface area contributed by atoms with E-state index in [0.717, 1.165) is 15.0 Å². The third-order valence-corrected chi connectivity index (χ3v) is 2.79. The zero-order chi connectivity index (χ0) is 10.3. The minimum Gasteiger partial charge on any atom is -0.355 e. The average molecular weight is 255 g/mol. The Hall–Kier alpha value is -0.870. The number of fused-ring (bicyclic) bond motifs is 1. The second kappa shape index (κ2) is 3.37. The summed E-state index contributed by atoms with van der Waals surface area (Å²) in [6.45, 7) is 2.03. The highest BCUT2D eigenvalue weighted by atomic mass is 79.9. The van der Waals surface area contributed by atoms with Crippen LogP contribution in [0.2, 0.25) is 0 Å². The summed E-state index contributed by atoms with van der Waals surface area (Å²) >= 11 is 3.44. The van der Waals surface area contributed by atoms with Crippen molar-refractivity contribution in [3.8, 4) is 0 Å². The van der Waals surface area contributed by atoms with Crippen LogP contribution in [-0.4, -0.2) is 23.4 Å². The number of aliphatic hydroxyl groups is 1. The van der Waals surface area contributed by atoms with Gasteiger partial charge >= 0.3 is 0 Å². The van der Waals surface area contributed by atoms with Gasteiger partial charge in [-0.25, -0.2) is 4.99 Å². The zero-order valence-corrected chi connectivity index (χ0v) is 9.62. The molecule has 1 aliphatic heterocycles. The van der Waals surface area contributed by atoms with Crippen LogP contribution in [0.3, 0.4) is 0 Å². The monoisotopic (exact) mass is 254 g/mol. The molecule has 0 amide bonds. The number of hydrogen-bond acceptors (Lipinski definition) is 3. The van der Waals surface area contributed by atoms with Crippen molar-refractivity contribution in [2.45, 2.75) is 13.3 Å². The molecule has 1 aromatic carbocycles. The molecule has 74 valence electrons. The highest BCUT2D eigenvalue weighted by Crippen LogP contribution is 2.06. The van der Waals surface area contributed by atoms with Crippen molar-refractivity contribution in [2.24, 2.45) is 4.99 Å². The van der Waals surface area contributed by atoms with E-state index in [1.807, 2.05) is 25.3 Å². The van der Waals surface area contributed by atoms with Gasteiger partial charge in [-0.3, -0.25) is 0 Å². The summed E-state index contributed by atoms with van der Waals surface area (Å²) in [7, 11) is 1.80. The maximum Gasteiger partial charge on any atom is 0.225 e. The van der Waals surface area contributed by atoms with Gasteiger partial charge in [-0.15, -0.1) is 0 Å². The van der Waals surface area contributed by atoms with Gasteiger partial charge in [0.05, 0.1) is 5.36 Å². The van der Waals surface area contributed by atoms with Gasteiger partial charge in [0.25, 0.3) is 0 Å². The molecule has 14 heavy (non-hydrogen) atoms. The van der Waals surface area contributed by atoms with Crippen LogP contribution >= 0.6 is 15.9 Å². The molecule has 1 N–H and O–H groups in total. The first-order chi connectivity index (χ1) is 6.58. The third kappa shape index (κ3) is 1.55. The molecule has 4 heteroatoms. The van der Waals surface area contributed by atoms with Crippen molar-refractivity contribution < 1.29 is 5.11 Å². The molecule has 3 nitrogen and oxygen atoms in total. The molecule has 0 fully saturated rings. The van der Waals surface area contributed by atoms with Crippen molar-refractivity contribution >= 4 is 22.1 Å². The quantitative estimate of drug-likeness (QED) is 0.725. The first kappa shape index (κ1) is 9.68. The first-order valence-corrected chi connectivity index (χ1v) is 5.13. The van der Waals surface area contributed by atoms with Gasteiger partial charge in [0.2, 0.25) is 6.35 Å². The Kier molecular flexibility index (Phi) is 2.33. The number of halogens is 1. The summed E-state index contributed by atoms with van der Waals surface area (Å²) < 4.78 is 0.927. The van der Waals surface area contributed by atoms with Crippen molar-refractivity contribution in [1.82, 2.24) is 4.90 Å². The fourth-order valence-electron chi connectivity index (χ4n) is 1.49. The van der Waals surface area contributed by atoms with Crippen LogP contribution < -0.4 is 10.6 Å². The number of aliphatic hydroxyl groups excluding tert-OH is 1. The standard InChI is InChI=1S/C10H11BrN2O/c1-6-3-7-5-13(2)10(14)12-9(7)8(11)4-6/h3-5,10,14H,1-2H3. The van der Waals surface area contributed by atoms with Crippen LogP contribution in [0, 0.1) is 6.92 Å². The molecule has 1 heterocycles. The molecule has 1 aliphatic rings. The van der Waals surface area contributed by atoms with E-state index in [1.54, 1.807) is 11.9 Å². The molecule has 0 aromatic heterocycles. The van der Waals surface area contributed by atoms with Crippen LogP contribution in [0.1, 0.15) is 5.56 Å². The van der Waals surface area contributed by atoms with Crippen LogP contribution in [0.25, 0.3) is 6.20 Å². The smallest absolute Gasteiger partial charge is 0.225 e. The van der Waals surface area contributed by atoms with Gasteiger partial charge in [-0.1, -0.05) is 0 Å². The maximum atomic E-state index is 9.53. The Morgan fingerprint density at radius 1 is 1.50 bits per heavy atom. The summed E-state index contributed by atoms with van der Waals surface area (Å²) in [5.41, 5.74) is 1.17. The zero-order valence-electron chi connectivity index (χ0n) is 8.03. The molecule has 0 spiro atoms. The second-order valence-corrected chi connectivity index (χ2v) is 4.31. The van der Waals surface area contributed by atoms with Crippen LogP contribution in [0.5, 0.6) is 0 Å². The topological polar surface area (TPSA) is 35.8 Å². The Bertz CT molecular complexity index is 484. The summed E-state index contributed by atoms with van der Waals surface area (Å²) in [4.78, 5) is 5.85. The fraction of sp³-hybridized carbons (Fsp3) is 0.300. The third-order valence-electron chi connectivity index (χ3n) is 2.19. The fourth-order valence-corrected chi connectivity index (χ4v) is 2.18. The minimum atomic E-state index is -0.776. The average Bonchev–Trinajstić information content (AvgIpc) is 2.08. The molecule has 0 saturated carbocycles. The lowest BCUT2D eigenvalue weighted by Gasteiger charge is -2.21. The second-order valence-electron chi connectivity index (χ2n) is 3.45. The highest BCUT2D eigenvalue weighted by molar-refractivity contribution is 9.10. The van der Waals surface area contributed by atoms with E-state index in [0.29, 0.717) is 0 Å². The van der Waals surface area contributed by atoms with E-state index in [1.165, 1.54) is 5.56 Å². The normalized spacial score (nSPS) is 19.7. The number of aryl methyl sites for hydroxylation is 1. The lowest BCUT2D eigenvalue weighted by Crippen LogP contribution is -2.40. The van der Waals surface area contributed by atoms with Gasteiger partial charge in [0.15, 0.2) is 0 Å². The Labute approximate surface area is 90.5 Å². The summed E-state index contributed by atoms with van der Waals surface area (Å²) in [6, 6.07) is 4.04. The van der Waals surface area contributed by atoms with Gasteiger partial charge in [0.1, 0.15) is 0 Å². The maximum absolute atomic E-state index is 9.53. The molecule has 1 aromatic rings. The van der Waals surface area contributed by atoms with Gasteiger partial charge in [-0.05, 0) is 40.5 Å². The Morgan fingerprint density at radius 3 is 2.93 bits per heavy atom. The number of hydrogen-bond donors (Lipinski definition) is 1. The number of rotatable bonds is 0. The lowest BCUT2D eigenvalue weighted by molar-refractivity contribution is 0.0686. The summed E-state index contributed by atoms with van der Waals surface area (Å²) in [6.07, 6.45) is 1.12. The van der Waals surface area contributed by atoms with E-state index in [2.05, 4.69) is 20.9 Å². The van der Waals surface area contributed by atoms with Crippen molar-refractivity contribution in [3.05, 3.63) is 32.7 Å². The lowest BCUT2D eigenvalue weighted by atomic mass is 10.2. The molecular formula is C10H11BrN2O. The molecule has 0 saturated heterocycles. The number of benzene rings is 1. The molecule has 0 radical (unpaired) electrons. The molecule has 1 atom stereocenters. The predicted molar refractivity (Wildman–Crippen MR) is 57.9 cm³/mol. The van der Waals surface area contributed by atoms with E-state index in [-0.39, 0.29) is 0 Å². The Balaban J connectivity index is 2.79. The molecule has 2 rings (SSSR count). The minimum absolute atomic E-state index is 0.776. The predicted octanol–water partition coefficient (Wildman–Crippen LogP) is 0.336. The van der Waals surface area contributed by atoms with Gasteiger partial charge < -0.3 is 10.0 Å². The van der Waals surface area contributed by atoms with Crippen LogP contribution in [-0.2, 0) is 0 Å². The van der Waals surface area contributed by atoms with Crippen molar-refractivity contribution in [3.63, 3.8) is 0 Å². The molecule has 0 bridgehead atoms. The Morgan fingerprint density at radius 2 is 2.21 bits per heavy atom. The van der Waals surface area contributed by atoms with Crippen molar-refractivity contribution in [2.75, 3.05) is 7.05 Å². The molecular weight excluding hydrogens is 244 g/mol. The van der Waals surface area contributed by atoms with E-state index in [4.69, 9.17) is 0 Å². The van der Waals surface area contributed by atoms with Gasteiger partial charge in [-0.2, -0.15) is 0 Å². The summed E-state index contributed by atoms with van der Waals surface area (Å²) in [5.74, 6) is 0. The number of nitrogens with zero attached hydrogens (tertiary/aromatic N) is 2. The molecule has 1 unspecified atom stereocenters.